The van der Waals surface area contributed by atoms with Gasteiger partial charge in [0.25, 0.3) is 5.56 Å². The van der Waals surface area contributed by atoms with E-state index in [1.165, 1.54) is 17.1 Å². The maximum absolute atomic E-state index is 12.3. The molecule has 2 heterocycles. The fourth-order valence-electron chi connectivity index (χ4n) is 2.14. The summed E-state index contributed by atoms with van der Waals surface area (Å²) in [5, 5.41) is 12.9. The van der Waals surface area contributed by atoms with Gasteiger partial charge in [0.05, 0.1) is 29.4 Å². The Morgan fingerprint density at radius 3 is 2.83 bits per heavy atom. The molecule has 0 amide bonds. The maximum Gasteiger partial charge on any atom is 0.511 e. The summed E-state index contributed by atoms with van der Waals surface area (Å²) in [6, 6.07) is 5.01. The molecular weight excluding hydrogens is 316 g/mol. The molecule has 0 spiro atoms. The highest BCUT2D eigenvalue weighted by Gasteiger charge is 2.10. The zero-order chi connectivity index (χ0) is 17.3. The van der Waals surface area contributed by atoms with Crippen LogP contribution in [-0.4, -0.2) is 37.1 Å². The van der Waals surface area contributed by atoms with Crippen LogP contribution in [0.25, 0.3) is 16.9 Å². The largest absolute Gasteiger partial charge is 0.511 e. The molecule has 0 radical (unpaired) electrons. The number of carbonyl (C=O) groups is 1. The lowest BCUT2D eigenvalue weighted by Crippen LogP contribution is -2.14. The average molecular weight is 330 g/mol. The monoisotopic (exact) mass is 330 g/mol. The summed E-state index contributed by atoms with van der Waals surface area (Å²) >= 11 is 0. The van der Waals surface area contributed by atoms with Gasteiger partial charge in [-0.1, -0.05) is 0 Å². The SMILES string of the molecule is CC(C)Oc1ccc2nc(-n3cc(OC(=O)O)cn3)[nH]c(=O)c2c1. The smallest absolute Gasteiger partial charge is 0.491 e. The van der Waals surface area contributed by atoms with Crippen molar-refractivity contribution >= 4 is 17.1 Å². The van der Waals surface area contributed by atoms with Gasteiger partial charge in [-0.05, 0) is 32.0 Å². The van der Waals surface area contributed by atoms with E-state index in [1.54, 1.807) is 18.2 Å². The molecule has 0 aliphatic carbocycles. The predicted molar refractivity (Wildman–Crippen MR) is 83.9 cm³/mol. The van der Waals surface area contributed by atoms with E-state index in [2.05, 4.69) is 19.8 Å². The molecule has 3 aromatic rings. The molecule has 1 aromatic carbocycles. The number of rotatable bonds is 4. The third kappa shape index (κ3) is 3.19. The molecule has 2 N–H and O–H groups in total. The lowest BCUT2D eigenvalue weighted by Gasteiger charge is -2.10. The Labute approximate surface area is 135 Å². The third-order valence-electron chi connectivity index (χ3n) is 3.02. The number of benzene rings is 1. The molecule has 9 nitrogen and oxygen atoms in total. The molecule has 0 atom stereocenters. The lowest BCUT2D eigenvalue weighted by molar-refractivity contribution is 0.144. The van der Waals surface area contributed by atoms with Crippen LogP contribution in [0.5, 0.6) is 11.5 Å². The van der Waals surface area contributed by atoms with Gasteiger partial charge in [-0.2, -0.15) is 5.10 Å². The minimum Gasteiger partial charge on any atom is -0.491 e. The van der Waals surface area contributed by atoms with Crippen molar-refractivity contribution in [2.45, 2.75) is 20.0 Å². The minimum absolute atomic E-state index is 0.00880. The number of hydrogen-bond donors (Lipinski definition) is 2. The predicted octanol–water partition coefficient (Wildman–Crippen LogP) is 1.95. The molecule has 0 saturated carbocycles. The summed E-state index contributed by atoms with van der Waals surface area (Å²) in [5.41, 5.74) is 0.0986. The van der Waals surface area contributed by atoms with Gasteiger partial charge in [-0.15, -0.1) is 0 Å². The Morgan fingerprint density at radius 1 is 1.33 bits per heavy atom. The number of hydrogen-bond acceptors (Lipinski definition) is 6. The number of nitrogens with one attached hydrogen (secondary N) is 1. The van der Waals surface area contributed by atoms with Crippen molar-refractivity contribution in [1.82, 2.24) is 19.7 Å². The van der Waals surface area contributed by atoms with Gasteiger partial charge >= 0.3 is 6.16 Å². The van der Waals surface area contributed by atoms with Gasteiger partial charge in [0.2, 0.25) is 5.95 Å². The summed E-state index contributed by atoms with van der Waals surface area (Å²) < 4.78 is 11.3. The Hall–Kier alpha value is -3.36. The Bertz CT molecular complexity index is 960. The molecule has 2 aromatic heterocycles. The zero-order valence-corrected chi connectivity index (χ0v) is 12.9. The molecule has 0 bridgehead atoms. The number of nitrogens with zero attached hydrogens (tertiary/aromatic N) is 3. The first-order chi connectivity index (χ1) is 11.4. The van der Waals surface area contributed by atoms with Gasteiger partial charge in [0.15, 0.2) is 5.75 Å². The van der Waals surface area contributed by atoms with Crippen LogP contribution >= 0.6 is 0 Å². The van der Waals surface area contributed by atoms with Crippen molar-refractivity contribution in [3.05, 3.63) is 40.9 Å². The van der Waals surface area contributed by atoms with E-state index in [1.807, 2.05) is 13.8 Å². The van der Waals surface area contributed by atoms with Crippen LogP contribution in [0.1, 0.15) is 13.8 Å². The number of ether oxygens (including phenoxy) is 2. The van der Waals surface area contributed by atoms with Crippen LogP contribution in [-0.2, 0) is 0 Å². The Balaban J connectivity index is 2.00. The second-order valence-electron chi connectivity index (χ2n) is 5.22. The lowest BCUT2D eigenvalue weighted by atomic mass is 10.2. The first-order valence-electron chi connectivity index (χ1n) is 7.09. The van der Waals surface area contributed by atoms with Crippen molar-refractivity contribution in [3.63, 3.8) is 0 Å². The molecule has 3 rings (SSSR count). The highest BCUT2D eigenvalue weighted by molar-refractivity contribution is 5.79. The number of H-pyrrole nitrogens is 1. The van der Waals surface area contributed by atoms with E-state index in [9.17, 15) is 9.59 Å². The van der Waals surface area contributed by atoms with E-state index < -0.39 is 6.16 Å². The number of aromatic nitrogens is 4. The van der Waals surface area contributed by atoms with E-state index >= 15 is 0 Å². The van der Waals surface area contributed by atoms with Crippen molar-refractivity contribution in [1.29, 1.82) is 0 Å². The first-order valence-corrected chi connectivity index (χ1v) is 7.09. The van der Waals surface area contributed by atoms with Crippen LogP contribution < -0.4 is 15.0 Å². The van der Waals surface area contributed by atoms with Crippen molar-refractivity contribution in [2.75, 3.05) is 0 Å². The van der Waals surface area contributed by atoms with E-state index in [0.29, 0.717) is 16.7 Å². The molecule has 0 unspecified atom stereocenters. The molecule has 0 aliphatic heterocycles. The van der Waals surface area contributed by atoms with Gasteiger partial charge in [0, 0.05) is 0 Å². The summed E-state index contributed by atoms with van der Waals surface area (Å²) in [6.07, 6.45) is 1.05. The highest BCUT2D eigenvalue weighted by Crippen LogP contribution is 2.19. The number of aromatic amines is 1. The second kappa shape index (κ2) is 6.03. The van der Waals surface area contributed by atoms with Crippen LogP contribution in [0.2, 0.25) is 0 Å². The van der Waals surface area contributed by atoms with E-state index in [-0.39, 0.29) is 23.4 Å². The molecule has 0 aliphatic rings. The van der Waals surface area contributed by atoms with Crippen LogP contribution in [0.4, 0.5) is 4.79 Å². The van der Waals surface area contributed by atoms with Gasteiger partial charge in [-0.3, -0.25) is 9.78 Å². The van der Waals surface area contributed by atoms with Crippen molar-refractivity contribution < 1.29 is 19.4 Å². The minimum atomic E-state index is -1.45. The molecule has 9 heteroatoms. The normalized spacial score (nSPS) is 11.0. The average Bonchev–Trinajstić information content (AvgIpc) is 2.95. The third-order valence-corrected chi connectivity index (χ3v) is 3.02. The molecular formula is C15H14N4O5. The van der Waals surface area contributed by atoms with E-state index in [0.717, 1.165) is 0 Å². The van der Waals surface area contributed by atoms with Crippen LogP contribution in [0.15, 0.2) is 35.4 Å². The van der Waals surface area contributed by atoms with Gasteiger partial charge < -0.3 is 14.6 Å². The fourth-order valence-corrected chi connectivity index (χ4v) is 2.14. The maximum atomic E-state index is 12.3. The summed E-state index contributed by atoms with van der Waals surface area (Å²) in [5.74, 6) is 0.741. The summed E-state index contributed by atoms with van der Waals surface area (Å²) in [4.78, 5) is 29.7. The van der Waals surface area contributed by atoms with Crippen LogP contribution in [0, 0.1) is 0 Å². The quantitative estimate of drug-likeness (QED) is 0.702. The zero-order valence-electron chi connectivity index (χ0n) is 12.9. The Morgan fingerprint density at radius 2 is 2.12 bits per heavy atom. The topological polar surface area (TPSA) is 119 Å². The number of carboxylic acid groups (broad SMARTS) is 1. The van der Waals surface area contributed by atoms with Crippen LogP contribution in [0.3, 0.4) is 0 Å². The molecule has 124 valence electrons. The summed E-state index contributed by atoms with van der Waals surface area (Å²) in [7, 11) is 0. The first kappa shape index (κ1) is 15.5. The molecule has 0 saturated heterocycles. The van der Waals surface area contributed by atoms with Crippen molar-refractivity contribution in [2.24, 2.45) is 0 Å². The molecule has 0 fully saturated rings. The molecule has 24 heavy (non-hydrogen) atoms. The standard InChI is InChI=1S/C15H14N4O5/c1-8(2)23-9-3-4-12-11(5-9)13(20)18-14(17-12)19-7-10(6-16-19)24-15(21)22/h3-8H,1-2H3,(H,21,22)(H,17,18,20). The van der Waals surface area contributed by atoms with Gasteiger partial charge in [-0.25, -0.2) is 14.5 Å². The fraction of sp³-hybridized carbons (Fsp3) is 0.200. The second-order valence-corrected chi connectivity index (χ2v) is 5.22. The highest BCUT2D eigenvalue weighted by atomic mass is 16.7. The Kier molecular flexibility index (Phi) is 3.90. The summed E-state index contributed by atoms with van der Waals surface area (Å²) in [6.45, 7) is 3.79. The van der Waals surface area contributed by atoms with Gasteiger partial charge in [0.1, 0.15) is 5.75 Å². The van der Waals surface area contributed by atoms with Crippen molar-refractivity contribution in [3.8, 4) is 17.4 Å². The van der Waals surface area contributed by atoms with E-state index in [4.69, 9.17) is 9.84 Å². The number of fused-ring (bicyclic) bond motifs is 1.